The zero-order valence-electron chi connectivity index (χ0n) is 12.9. The maximum Gasteiger partial charge on any atom is 0.163 e. The van der Waals surface area contributed by atoms with Gasteiger partial charge in [-0.3, -0.25) is 10.8 Å². The minimum atomic E-state index is -0.181. The number of halogens is 1. The number of benzene rings is 1. The lowest BCUT2D eigenvalue weighted by Gasteiger charge is -2.32. The molecule has 0 atom stereocenters. The number of imidazole rings is 1. The molecule has 2 heterocycles. The molecule has 23 heavy (non-hydrogen) atoms. The van der Waals surface area contributed by atoms with E-state index in [1.54, 1.807) is 0 Å². The number of hydrogen-bond acceptors (Lipinski definition) is 3. The van der Waals surface area contributed by atoms with E-state index in [9.17, 15) is 0 Å². The summed E-state index contributed by atoms with van der Waals surface area (Å²) in [4.78, 5) is 10.2. The molecule has 1 aromatic heterocycles. The SMILES string of the molecule is N=C(Cl)C(=N)N1CCC(c2nc3cc(C4CC4)ccc3[nH]2)CC1. The summed E-state index contributed by atoms with van der Waals surface area (Å²) < 4.78 is 0. The summed E-state index contributed by atoms with van der Waals surface area (Å²) in [7, 11) is 0. The molecule has 0 amide bonds. The summed E-state index contributed by atoms with van der Waals surface area (Å²) >= 11 is 5.61. The normalized spacial score (nSPS) is 19.3. The van der Waals surface area contributed by atoms with E-state index in [0.29, 0.717) is 5.92 Å². The summed E-state index contributed by atoms with van der Waals surface area (Å²) in [5.41, 5.74) is 3.60. The van der Waals surface area contributed by atoms with Crippen LogP contribution >= 0.6 is 11.6 Å². The zero-order chi connectivity index (χ0) is 16.0. The fourth-order valence-electron chi connectivity index (χ4n) is 3.42. The highest BCUT2D eigenvalue weighted by Crippen LogP contribution is 2.40. The maximum atomic E-state index is 7.81. The molecule has 1 aromatic carbocycles. The minimum absolute atomic E-state index is 0.129. The van der Waals surface area contributed by atoms with Crippen LogP contribution in [0.25, 0.3) is 11.0 Å². The minimum Gasteiger partial charge on any atom is -0.355 e. The predicted molar refractivity (Wildman–Crippen MR) is 92.9 cm³/mol. The molecule has 0 spiro atoms. The van der Waals surface area contributed by atoms with E-state index >= 15 is 0 Å². The number of piperidine rings is 1. The first-order chi connectivity index (χ1) is 11.1. The second-order valence-corrected chi connectivity index (χ2v) is 6.97. The topological polar surface area (TPSA) is 79.6 Å². The molecule has 1 saturated heterocycles. The van der Waals surface area contributed by atoms with Crippen LogP contribution in [-0.4, -0.2) is 39.0 Å². The van der Waals surface area contributed by atoms with Gasteiger partial charge in [0.1, 0.15) is 5.82 Å². The lowest BCUT2D eigenvalue weighted by molar-refractivity contribution is 0.309. The van der Waals surface area contributed by atoms with Crippen molar-refractivity contribution in [1.82, 2.24) is 14.9 Å². The lowest BCUT2D eigenvalue weighted by atomic mass is 9.96. The molecule has 0 unspecified atom stereocenters. The van der Waals surface area contributed by atoms with E-state index in [0.717, 1.165) is 48.7 Å². The van der Waals surface area contributed by atoms with Crippen LogP contribution in [0, 0.1) is 10.8 Å². The van der Waals surface area contributed by atoms with Crippen molar-refractivity contribution in [2.75, 3.05) is 13.1 Å². The lowest BCUT2D eigenvalue weighted by Crippen LogP contribution is -2.40. The Morgan fingerprint density at radius 2 is 1.87 bits per heavy atom. The molecule has 5 nitrogen and oxygen atoms in total. The molecule has 2 aliphatic rings. The van der Waals surface area contributed by atoms with Crippen LogP contribution in [0.4, 0.5) is 0 Å². The second kappa shape index (κ2) is 5.64. The highest BCUT2D eigenvalue weighted by Gasteiger charge is 2.26. The largest absolute Gasteiger partial charge is 0.355 e. The van der Waals surface area contributed by atoms with Crippen molar-refractivity contribution < 1.29 is 0 Å². The number of likely N-dealkylation sites (tertiary alicyclic amines) is 1. The Labute approximate surface area is 140 Å². The van der Waals surface area contributed by atoms with Crippen LogP contribution in [-0.2, 0) is 0 Å². The van der Waals surface area contributed by atoms with Gasteiger partial charge in [0.2, 0.25) is 0 Å². The molecular formula is C17H20ClN5. The Morgan fingerprint density at radius 1 is 1.13 bits per heavy atom. The Balaban J connectivity index is 1.49. The average molecular weight is 330 g/mol. The van der Waals surface area contributed by atoms with Crippen molar-refractivity contribution in [3.05, 3.63) is 29.6 Å². The van der Waals surface area contributed by atoms with Gasteiger partial charge in [-0.05, 0) is 49.3 Å². The van der Waals surface area contributed by atoms with Gasteiger partial charge in [-0.25, -0.2) is 4.98 Å². The Morgan fingerprint density at radius 3 is 2.52 bits per heavy atom. The molecule has 1 saturated carbocycles. The molecule has 6 heteroatoms. The molecule has 1 aliphatic heterocycles. The van der Waals surface area contributed by atoms with E-state index < -0.39 is 0 Å². The summed E-state index contributed by atoms with van der Waals surface area (Å²) in [6.45, 7) is 1.51. The van der Waals surface area contributed by atoms with Crippen molar-refractivity contribution in [3.8, 4) is 0 Å². The van der Waals surface area contributed by atoms with Gasteiger partial charge in [-0.2, -0.15) is 0 Å². The summed E-state index contributed by atoms with van der Waals surface area (Å²) in [6.07, 6.45) is 4.48. The first-order valence-corrected chi connectivity index (χ1v) is 8.57. The summed E-state index contributed by atoms with van der Waals surface area (Å²) in [5, 5.41) is 15.0. The van der Waals surface area contributed by atoms with Gasteiger partial charge < -0.3 is 9.88 Å². The number of nitrogens with one attached hydrogen (secondary N) is 3. The van der Waals surface area contributed by atoms with E-state index in [1.807, 2.05) is 4.90 Å². The summed E-state index contributed by atoms with van der Waals surface area (Å²) in [5.74, 6) is 2.32. The molecule has 2 aromatic rings. The molecule has 1 aliphatic carbocycles. The van der Waals surface area contributed by atoms with E-state index in [4.69, 9.17) is 27.4 Å². The number of aromatic nitrogens is 2. The Kier molecular flexibility index (Phi) is 3.60. The molecule has 120 valence electrons. The van der Waals surface area contributed by atoms with Crippen molar-refractivity contribution >= 4 is 33.6 Å². The van der Waals surface area contributed by atoms with E-state index in [1.165, 1.54) is 18.4 Å². The number of nitrogens with zero attached hydrogens (tertiary/aromatic N) is 2. The fourth-order valence-corrected chi connectivity index (χ4v) is 3.54. The number of aromatic amines is 1. The monoisotopic (exact) mass is 329 g/mol. The van der Waals surface area contributed by atoms with Crippen LogP contribution in [0.2, 0.25) is 0 Å². The van der Waals surface area contributed by atoms with Crippen LogP contribution in [0.5, 0.6) is 0 Å². The van der Waals surface area contributed by atoms with Crippen molar-refractivity contribution in [1.29, 1.82) is 10.8 Å². The third-order valence-corrected chi connectivity index (χ3v) is 5.16. The number of H-pyrrole nitrogens is 1. The van der Waals surface area contributed by atoms with Crippen LogP contribution < -0.4 is 0 Å². The quantitative estimate of drug-likeness (QED) is 0.591. The number of amidine groups is 1. The number of fused-ring (bicyclic) bond motifs is 1. The van der Waals surface area contributed by atoms with Gasteiger partial charge in [0.15, 0.2) is 11.0 Å². The van der Waals surface area contributed by atoms with Crippen molar-refractivity contribution in [2.45, 2.75) is 37.5 Å². The first-order valence-electron chi connectivity index (χ1n) is 8.19. The van der Waals surface area contributed by atoms with Gasteiger partial charge in [0.05, 0.1) is 11.0 Å². The fraction of sp³-hybridized carbons (Fsp3) is 0.471. The Bertz CT molecular complexity index is 768. The number of rotatable bonds is 3. The van der Waals surface area contributed by atoms with Crippen LogP contribution in [0.3, 0.4) is 0 Å². The van der Waals surface area contributed by atoms with Gasteiger partial charge in [0, 0.05) is 19.0 Å². The molecule has 0 bridgehead atoms. The van der Waals surface area contributed by atoms with Gasteiger partial charge in [0.25, 0.3) is 0 Å². The third-order valence-electron chi connectivity index (χ3n) is 4.98. The van der Waals surface area contributed by atoms with Crippen LogP contribution in [0.1, 0.15) is 48.9 Å². The molecule has 3 N–H and O–H groups in total. The highest BCUT2D eigenvalue weighted by atomic mass is 35.5. The predicted octanol–water partition coefficient (Wildman–Crippen LogP) is 3.81. The van der Waals surface area contributed by atoms with Crippen molar-refractivity contribution in [2.24, 2.45) is 0 Å². The Hall–Kier alpha value is -1.88. The molecule has 2 fully saturated rings. The van der Waals surface area contributed by atoms with Gasteiger partial charge in [-0.1, -0.05) is 17.7 Å². The van der Waals surface area contributed by atoms with E-state index in [2.05, 4.69) is 23.2 Å². The van der Waals surface area contributed by atoms with Gasteiger partial charge in [-0.15, -0.1) is 0 Å². The molecular weight excluding hydrogens is 310 g/mol. The van der Waals surface area contributed by atoms with Gasteiger partial charge >= 0.3 is 0 Å². The first kappa shape index (κ1) is 14.7. The highest BCUT2D eigenvalue weighted by molar-refractivity contribution is 6.82. The van der Waals surface area contributed by atoms with E-state index in [-0.39, 0.29) is 11.0 Å². The second-order valence-electron chi connectivity index (χ2n) is 6.60. The average Bonchev–Trinajstić information content (AvgIpc) is 3.33. The van der Waals surface area contributed by atoms with Crippen LogP contribution in [0.15, 0.2) is 18.2 Å². The summed E-state index contributed by atoms with van der Waals surface area (Å²) in [6, 6.07) is 6.60. The number of hydrogen-bond donors (Lipinski definition) is 3. The third kappa shape index (κ3) is 2.85. The smallest absolute Gasteiger partial charge is 0.163 e. The van der Waals surface area contributed by atoms with Crippen molar-refractivity contribution in [3.63, 3.8) is 0 Å². The molecule has 4 rings (SSSR count). The maximum absolute atomic E-state index is 7.81. The standard InChI is InChI=1S/C17H20ClN5/c18-15(19)16(20)23-7-5-11(6-8-23)17-21-13-4-3-12(10-1-2-10)9-14(13)22-17/h3-4,9-11,19-20H,1-2,5-8H2,(H,21,22). The molecule has 0 radical (unpaired) electrons. The zero-order valence-corrected chi connectivity index (χ0v) is 13.7.